The molecule has 0 aliphatic rings. The van der Waals surface area contributed by atoms with Crippen molar-refractivity contribution in [2.75, 3.05) is 18.4 Å². The van der Waals surface area contributed by atoms with Gasteiger partial charge in [-0.2, -0.15) is 5.26 Å². The summed E-state index contributed by atoms with van der Waals surface area (Å²) in [6.07, 6.45) is 0. The van der Waals surface area contributed by atoms with E-state index in [4.69, 9.17) is 0 Å². The molecule has 0 saturated carbocycles. The molecule has 0 aliphatic heterocycles. The molecule has 0 spiro atoms. The van der Waals surface area contributed by atoms with Gasteiger partial charge in [-0.25, -0.2) is 0 Å². The summed E-state index contributed by atoms with van der Waals surface area (Å²) in [5.74, 6) is -1.16. The first-order valence-electron chi connectivity index (χ1n) is 8.72. The van der Waals surface area contributed by atoms with Crippen molar-refractivity contribution in [1.29, 1.82) is 5.26 Å². The number of nitro benzene ring substituents is 2. The van der Waals surface area contributed by atoms with Crippen molar-refractivity contribution in [2.45, 2.75) is 20.8 Å². The number of nitrogens with zero attached hydrogens (tertiary/aromatic N) is 4. The molecule has 1 aromatic carbocycles. The summed E-state index contributed by atoms with van der Waals surface area (Å²) in [7, 11) is 0. The second-order valence-corrected chi connectivity index (χ2v) is 7.08. The zero-order valence-corrected chi connectivity index (χ0v) is 17.1. The predicted molar refractivity (Wildman–Crippen MR) is 109 cm³/mol. The average Bonchev–Trinajstić information content (AvgIpc) is 3.03. The number of carbonyl (C=O) groups excluding carboxylic acids is 2. The first-order chi connectivity index (χ1) is 14.1. The summed E-state index contributed by atoms with van der Waals surface area (Å²) in [5, 5.41) is 34.0. The van der Waals surface area contributed by atoms with Crippen LogP contribution in [0.15, 0.2) is 18.2 Å². The van der Waals surface area contributed by atoms with Gasteiger partial charge in [0.15, 0.2) is 0 Å². The second kappa shape index (κ2) is 9.10. The Morgan fingerprint density at radius 1 is 1.13 bits per heavy atom. The first kappa shape index (κ1) is 22.4. The number of non-ortho nitro benzene ring substituents is 2. The number of benzene rings is 1. The van der Waals surface area contributed by atoms with Gasteiger partial charge in [-0.15, -0.1) is 11.3 Å². The van der Waals surface area contributed by atoms with Gasteiger partial charge in [0.25, 0.3) is 23.2 Å². The lowest BCUT2D eigenvalue weighted by Gasteiger charge is -2.17. The van der Waals surface area contributed by atoms with Crippen LogP contribution in [0.25, 0.3) is 0 Å². The largest absolute Gasteiger partial charge is 0.338 e. The minimum absolute atomic E-state index is 0.0868. The maximum atomic E-state index is 12.7. The van der Waals surface area contributed by atoms with E-state index in [1.54, 1.807) is 11.8 Å². The lowest BCUT2D eigenvalue weighted by Crippen LogP contribution is -2.30. The maximum Gasteiger partial charge on any atom is 0.277 e. The molecule has 30 heavy (non-hydrogen) atoms. The smallest absolute Gasteiger partial charge is 0.277 e. The van der Waals surface area contributed by atoms with Crippen molar-refractivity contribution in [2.24, 2.45) is 0 Å². The highest BCUT2D eigenvalue weighted by molar-refractivity contribution is 7.18. The molecule has 1 heterocycles. The number of hydrogen-bond acceptors (Lipinski definition) is 8. The number of nitro groups is 2. The van der Waals surface area contributed by atoms with Gasteiger partial charge >= 0.3 is 0 Å². The fraction of sp³-hybridized carbons (Fsp3) is 0.278. The van der Waals surface area contributed by atoms with Crippen LogP contribution < -0.4 is 5.32 Å². The van der Waals surface area contributed by atoms with E-state index in [0.29, 0.717) is 18.7 Å². The lowest BCUT2D eigenvalue weighted by atomic mass is 10.1. The molecule has 0 saturated heterocycles. The number of nitriles is 1. The molecule has 1 N–H and O–H groups in total. The monoisotopic (exact) mass is 431 g/mol. The highest BCUT2D eigenvalue weighted by atomic mass is 32.1. The number of rotatable bonds is 7. The number of carbonyl (C=O) groups is 2. The van der Waals surface area contributed by atoms with Gasteiger partial charge in [0, 0.05) is 25.2 Å². The van der Waals surface area contributed by atoms with E-state index in [1.807, 2.05) is 19.9 Å². The average molecular weight is 431 g/mol. The van der Waals surface area contributed by atoms with E-state index in [2.05, 4.69) is 5.32 Å². The van der Waals surface area contributed by atoms with Gasteiger partial charge in [-0.05, 0) is 26.3 Å². The molecular formula is C18H17N5O6S. The SMILES string of the molecule is CCN(CC)C(=O)c1sc(NC(=O)c2cc([N+](=O)[O-])cc([N+](=O)[O-])c2)c(C#N)c1C. The van der Waals surface area contributed by atoms with E-state index in [1.165, 1.54) is 0 Å². The van der Waals surface area contributed by atoms with E-state index in [-0.39, 0.29) is 26.9 Å². The number of nitrogens with one attached hydrogen (secondary N) is 1. The van der Waals surface area contributed by atoms with E-state index in [9.17, 15) is 35.1 Å². The Balaban J connectivity index is 2.46. The van der Waals surface area contributed by atoms with Crippen LogP contribution in [0.1, 0.15) is 45.0 Å². The van der Waals surface area contributed by atoms with Gasteiger partial charge in [0.1, 0.15) is 11.1 Å². The summed E-state index contributed by atoms with van der Waals surface area (Å²) >= 11 is 0.908. The topological polar surface area (TPSA) is 159 Å². The van der Waals surface area contributed by atoms with Gasteiger partial charge < -0.3 is 10.2 Å². The predicted octanol–water partition coefficient (Wildman–Crippen LogP) is 3.48. The van der Waals surface area contributed by atoms with Crippen molar-refractivity contribution in [3.05, 3.63) is 60.0 Å². The van der Waals surface area contributed by atoms with Crippen molar-refractivity contribution in [3.63, 3.8) is 0 Å². The molecule has 11 nitrogen and oxygen atoms in total. The number of amides is 2. The van der Waals surface area contributed by atoms with Crippen molar-refractivity contribution >= 4 is 39.5 Å². The molecule has 0 fully saturated rings. The number of hydrogen-bond donors (Lipinski definition) is 1. The molecule has 156 valence electrons. The van der Waals surface area contributed by atoms with Crippen LogP contribution in [0.2, 0.25) is 0 Å². The fourth-order valence-corrected chi connectivity index (χ4v) is 3.83. The normalized spacial score (nSPS) is 10.2. The molecule has 0 bridgehead atoms. The molecule has 0 atom stereocenters. The Labute approximate surface area is 174 Å². The van der Waals surface area contributed by atoms with Crippen LogP contribution in [0.5, 0.6) is 0 Å². The molecule has 0 unspecified atom stereocenters. The Hall–Kier alpha value is -3.85. The minimum atomic E-state index is -0.874. The second-order valence-electron chi connectivity index (χ2n) is 6.06. The maximum absolute atomic E-state index is 12.7. The van der Waals surface area contributed by atoms with Crippen molar-refractivity contribution in [3.8, 4) is 6.07 Å². The molecule has 12 heteroatoms. The van der Waals surface area contributed by atoms with Crippen LogP contribution in [0.4, 0.5) is 16.4 Å². The third-order valence-electron chi connectivity index (χ3n) is 4.32. The Morgan fingerprint density at radius 2 is 1.67 bits per heavy atom. The van der Waals surface area contributed by atoms with Crippen LogP contribution >= 0.6 is 11.3 Å². The standard InChI is InChI=1S/C18H17N5O6S/c1-4-21(5-2)18(25)15-10(3)14(9-19)17(30-15)20-16(24)11-6-12(22(26)27)8-13(7-11)23(28)29/h6-8H,4-5H2,1-3H3,(H,20,24). The number of thiophene rings is 1. The fourth-order valence-electron chi connectivity index (χ4n) is 2.71. The minimum Gasteiger partial charge on any atom is -0.338 e. The van der Waals surface area contributed by atoms with Crippen LogP contribution in [-0.2, 0) is 0 Å². The summed E-state index contributed by atoms with van der Waals surface area (Å²) in [5.41, 5.74) is -1.06. The summed E-state index contributed by atoms with van der Waals surface area (Å²) < 4.78 is 0. The number of anilines is 1. The van der Waals surface area contributed by atoms with Crippen molar-refractivity contribution in [1.82, 2.24) is 4.90 Å². The van der Waals surface area contributed by atoms with Crippen LogP contribution in [0.3, 0.4) is 0 Å². The molecule has 2 aromatic rings. The lowest BCUT2D eigenvalue weighted by molar-refractivity contribution is -0.394. The Bertz CT molecular complexity index is 1050. The van der Waals surface area contributed by atoms with E-state index < -0.39 is 27.1 Å². The molecule has 0 aliphatic carbocycles. The zero-order chi connectivity index (χ0) is 22.6. The van der Waals surface area contributed by atoms with Gasteiger partial charge in [-0.1, -0.05) is 0 Å². The van der Waals surface area contributed by atoms with Gasteiger partial charge in [-0.3, -0.25) is 29.8 Å². The van der Waals surface area contributed by atoms with Gasteiger partial charge in [0.2, 0.25) is 0 Å². The van der Waals surface area contributed by atoms with E-state index in [0.717, 1.165) is 29.5 Å². The molecule has 0 radical (unpaired) electrons. The third kappa shape index (κ3) is 4.41. The summed E-state index contributed by atoms with van der Waals surface area (Å²) in [4.78, 5) is 47.5. The molecule has 2 rings (SSSR count). The summed E-state index contributed by atoms with van der Waals surface area (Å²) in [6, 6.07) is 4.48. The van der Waals surface area contributed by atoms with Crippen molar-refractivity contribution < 1.29 is 19.4 Å². The zero-order valence-electron chi connectivity index (χ0n) is 16.3. The Kier molecular flexibility index (Phi) is 6.81. The molecule has 1 aromatic heterocycles. The highest BCUT2D eigenvalue weighted by Gasteiger charge is 2.25. The highest BCUT2D eigenvalue weighted by Crippen LogP contribution is 2.34. The Morgan fingerprint density at radius 3 is 2.10 bits per heavy atom. The van der Waals surface area contributed by atoms with Crippen LogP contribution in [-0.4, -0.2) is 39.7 Å². The van der Waals surface area contributed by atoms with Crippen LogP contribution in [0, 0.1) is 38.5 Å². The quantitative estimate of drug-likeness (QED) is 0.518. The van der Waals surface area contributed by atoms with Gasteiger partial charge in [0.05, 0.1) is 31.9 Å². The third-order valence-corrected chi connectivity index (χ3v) is 5.51. The van der Waals surface area contributed by atoms with E-state index >= 15 is 0 Å². The first-order valence-corrected chi connectivity index (χ1v) is 9.54. The molecular weight excluding hydrogens is 414 g/mol. The molecule has 2 amide bonds. The summed E-state index contributed by atoms with van der Waals surface area (Å²) in [6.45, 7) is 6.14.